The van der Waals surface area contributed by atoms with Gasteiger partial charge in [-0.3, -0.25) is 14.5 Å². The van der Waals surface area contributed by atoms with Crippen molar-refractivity contribution in [2.24, 2.45) is 0 Å². The maximum Gasteiger partial charge on any atom is 0.301 e. The number of rotatable bonds is 4. The molecule has 1 fully saturated rings. The number of amides is 1. The quantitative estimate of drug-likeness (QED) is 0.289. The molecule has 0 spiro atoms. The van der Waals surface area contributed by atoms with E-state index < -0.39 is 17.7 Å². The van der Waals surface area contributed by atoms with E-state index in [1.807, 2.05) is 13.8 Å². The van der Waals surface area contributed by atoms with Gasteiger partial charge in [0.1, 0.15) is 11.5 Å². The lowest BCUT2D eigenvalue weighted by atomic mass is 9.95. The van der Waals surface area contributed by atoms with Crippen LogP contribution in [-0.2, 0) is 9.59 Å². The maximum absolute atomic E-state index is 13.1. The summed E-state index contributed by atoms with van der Waals surface area (Å²) in [6, 6.07) is 10.5. The molecule has 1 aliphatic heterocycles. The van der Waals surface area contributed by atoms with Gasteiger partial charge in [0.15, 0.2) is 5.13 Å². The first-order valence-electron chi connectivity index (χ1n) is 9.57. The van der Waals surface area contributed by atoms with E-state index in [1.54, 1.807) is 42.5 Å². The molecule has 2 aromatic carbocycles. The van der Waals surface area contributed by atoms with Crippen molar-refractivity contribution in [2.75, 3.05) is 12.0 Å². The van der Waals surface area contributed by atoms with Crippen molar-refractivity contribution in [3.05, 3.63) is 79.8 Å². The second-order valence-electron chi connectivity index (χ2n) is 7.21. The molecule has 3 aromatic rings. The number of thiazole rings is 1. The zero-order valence-corrected chi connectivity index (χ0v) is 19.7. The van der Waals surface area contributed by atoms with Crippen LogP contribution in [0.25, 0.3) is 5.76 Å². The first-order chi connectivity index (χ1) is 15.2. The second-order valence-corrected chi connectivity index (χ2v) is 9.21. The molecule has 2 heterocycles. The van der Waals surface area contributed by atoms with Gasteiger partial charge in [-0.2, -0.15) is 0 Å². The van der Waals surface area contributed by atoms with Gasteiger partial charge in [0.25, 0.3) is 5.78 Å². The van der Waals surface area contributed by atoms with E-state index in [9.17, 15) is 14.7 Å². The molecule has 6 nitrogen and oxygen atoms in total. The minimum Gasteiger partial charge on any atom is -0.507 e. The molecule has 4 rings (SSSR count). The van der Waals surface area contributed by atoms with Crippen molar-refractivity contribution >= 4 is 57.1 Å². The van der Waals surface area contributed by atoms with Gasteiger partial charge in [0.05, 0.1) is 34.5 Å². The Labute approximate surface area is 198 Å². The number of methoxy groups -OCH3 is 1. The van der Waals surface area contributed by atoms with Crippen LogP contribution in [0.15, 0.2) is 48.0 Å². The van der Waals surface area contributed by atoms with Gasteiger partial charge in [0, 0.05) is 10.4 Å². The number of ketones is 1. The predicted molar refractivity (Wildman–Crippen MR) is 126 cm³/mol. The highest BCUT2D eigenvalue weighted by Crippen LogP contribution is 2.44. The zero-order valence-electron chi connectivity index (χ0n) is 17.3. The van der Waals surface area contributed by atoms with Crippen LogP contribution in [0.1, 0.15) is 27.7 Å². The Hall–Kier alpha value is -2.87. The van der Waals surface area contributed by atoms with Gasteiger partial charge in [0.2, 0.25) is 0 Å². The highest BCUT2D eigenvalue weighted by molar-refractivity contribution is 7.16. The van der Waals surface area contributed by atoms with Crippen molar-refractivity contribution in [3.63, 3.8) is 0 Å². The van der Waals surface area contributed by atoms with Crippen molar-refractivity contribution in [1.29, 1.82) is 0 Å². The van der Waals surface area contributed by atoms with E-state index in [-0.39, 0.29) is 16.4 Å². The minimum absolute atomic E-state index is 0.0518. The van der Waals surface area contributed by atoms with Crippen LogP contribution in [0, 0.1) is 13.8 Å². The number of aliphatic hydroxyl groups is 1. The highest BCUT2D eigenvalue weighted by atomic mass is 35.5. The first kappa shape index (κ1) is 22.3. The predicted octanol–water partition coefficient (Wildman–Crippen LogP) is 5.70. The molecule has 1 atom stereocenters. The summed E-state index contributed by atoms with van der Waals surface area (Å²) in [6.45, 7) is 3.72. The van der Waals surface area contributed by atoms with Crippen LogP contribution < -0.4 is 9.64 Å². The fourth-order valence-electron chi connectivity index (χ4n) is 3.49. The van der Waals surface area contributed by atoms with Crippen molar-refractivity contribution in [1.82, 2.24) is 4.98 Å². The lowest BCUT2D eigenvalue weighted by Gasteiger charge is -2.23. The van der Waals surface area contributed by atoms with E-state index >= 15 is 0 Å². The molecule has 164 valence electrons. The summed E-state index contributed by atoms with van der Waals surface area (Å²) in [5.74, 6) is -1.28. The molecule has 0 bridgehead atoms. The number of aliphatic hydroxyl groups excluding tert-OH is 1. The van der Waals surface area contributed by atoms with Crippen LogP contribution in [0.5, 0.6) is 5.75 Å². The number of aryl methyl sites for hydroxylation is 2. The Morgan fingerprint density at radius 3 is 2.34 bits per heavy atom. The molecule has 0 unspecified atom stereocenters. The summed E-state index contributed by atoms with van der Waals surface area (Å²) >= 11 is 13.6. The third-order valence-corrected chi connectivity index (χ3v) is 7.10. The lowest BCUT2D eigenvalue weighted by Crippen LogP contribution is -2.29. The molecule has 0 aliphatic carbocycles. The second kappa shape index (κ2) is 8.58. The molecule has 1 aromatic heterocycles. The normalized spacial score (nSPS) is 17.8. The van der Waals surface area contributed by atoms with Crippen LogP contribution in [0.2, 0.25) is 10.0 Å². The number of hydrogen-bond acceptors (Lipinski definition) is 6. The smallest absolute Gasteiger partial charge is 0.301 e. The molecule has 9 heteroatoms. The minimum atomic E-state index is -0.920. The summed E-state index contributed by atoms with van der Waals surface area (Å²) < 4.78 is 5.15. The molecule has 1 aliphatic rings. The average molecular weight is 489 g/mol. The SMILES string of the molecule is COc1ccc(/C(O)=C2\C(=O)C(=O)N(c3nc(C)c(C)s3)[C@H]2c2ccc(Cl)c(Cl)c2)cc1. The Morgan fingerprint density at radius 2 is 1.78 bits per heavy atom. The van der Waals surface area contributed by atoms with E-state index in [1.165, 1.54) is 23.3 Å². The van der Waals surface area contributed by atoms with Crippen molar-refractivity contribution < 1.29 is 19.4 Å². The molecule has 0 radical (unpaired) electrons. The van der Waals surface area contributed by atoms with Crippen LogP contribution in [0.3, 0.4) is 0 Å². The molecule has 1 amide bonds. The third kappa shape index (κ3) is 3.77. The van der Waals surface area contributed by atoms with Gasteiger partial charge >= 0.3 is 5.91 Å². The zero-order chi connectivity index (χ0) is 23.2. The lowest BCUT2D eigenvalue weighted by molar-refractivity contribution is -0.132. The summed E-state index contributed by atoms with van der Waals surface area (Å²) in [7, 11) is 1.53. The number of aromatic nitrogens is 1. The van der Waals surface area contributed by atoms with Gasteiger partial charge in [-0.25, -0.2) is 4.98 Å². The highest BCUT2D eigenvalue weighted by Gasteiger charge is 2.48. The Balaban J connectivity index is 1.94. The monoisotopic (exact) mass is 488 g/mol. The standard InChI is InChI=1S/C23H18Cl2N2O4S/c1-11-12(2)32-23(26-11)27-19(14-6-9-16(24)17(25)10-14)18(21(29)22(27)30)20(28)13-4-7-15(31-3)8-5-13/h4-10,19,28H,1-3H3/b20-18+/t19-/m0/s1. The summed E-state index contributed by atoms with van der Waals surface area (Å²) in [4.78, 5) is 33.0. The van der Waals surface area contributed by atoms with Crippen LogP contribution >= 0.6 is 34.5 Å². The number of benzene rings is 2. The van der Waals surface area contributed by atoms with Gasteiger partial charge < -0.3 is 9.84 Å². The van der Waals surface area contributed by atoms with Gasteiger partial charge in [-0.1, -0.05) is 29.3 Å². The Morgan fingerprint density at radius 1 is 1.09 bits per heavy atom. The Kier molecular flexibility index (Phi) is 5.99. The summed E-state index contributed by atoms with van der Waals surface area (Å²) in [5.41, 5.74) is 1.61. The van der Waals surface area contributed by atoms with Crippen LogP contribution in [0.4, 0.5) is 5.13 Å². The Bertz CT molecular complexity index is 1250. The third-order valence-electron chi connectivity index (χ3n) is 5.29. The average Bonchev–Trinajstić information content (AvgIpc) is 3.25. The topological polar surface area (TPSA) is 79.7 Å². The first-order valence-corrected chi connectivity index (χ1v) is 11.1. The largest absolute Gasteiger partial charge is 0.507 e. The number of anilines is 1. The summed E-state index contributed by atoms with van der Waals surface area (Å²) in [6.07, 6.45) is 0. The van der Waals surface area contributed by atoms with Crippen molar-refractivity contribution in [2.45, 2.75) is 19.9 Å². The molecule has 1 N–H and O–H groups in total. The van der Waals surface area contributed by atoms with Gasteiger partial charge in [-0.05, 0) is 55.8 Å². The van der Waals surface area contributed by atoms with Crippen molar-refractivity contribution in [3.8, 4) is 5.75 Å². The molecule has 0 saturated carbocycles. The number of hydrogen-bond donors (Lipinski definition) is 1. The number of ether oxygens (including phenoxy) is 1. The number of carbonyl (C=O) groups excluding carboxylic acids is 2. The fraction of sp³-hybridized carbons (Fsp3) is 0.174. The molecule has 32 heavy (non-hydrogen) atoms. The van der Waals surface area contributed by atoms with E-state index in [4.69, 9.17) is 27.9 Å². The number of Topliss-reactive ketones (excluding diaryl/α,β-unsaturated/α-hetero) is 1. The summed E-state index contributed by atoms with van der Waals surface area (Å²) in [5, 5.41) is 12.1. The van der Waals surface area contributed by atoms with E-state index in [0.717, 1.165) is 10.6 Å². The number of halogens is 2. The number of nitrogens with zero attached hydrogens (tertiary/aromatic N) is 2. The van der Waals surface area contributed by atoms with E-state index in [0.29, 0.717) is 27.0 Å². The number of carbonyl (C=O) groups is 2. The van der Waals surface area contributed by atoms with Gasteiger partial charge in [-0.15, -0.1) is 11.3 Å². The molecule has 1 saturated heterocycles. The van der Waals surface area contributed by atoms with Crippen LogP contribution in [-0.4, -0.2) is 28.9 Å². The maximum atomic E-state index is 13.1. The van der Waals surface area contributed by atoms with E-state index in [2.05, 4.69) is 4.98 Å². The molecular weight excluding hydrogens is 471 g/mol. The fourth-order valence-corrected chi connectivity index (χ4v) is 4.73. The molecular formula is C23H18Cl2N2O4S.